The minimum Gasteiger partial charge on any atom is -0.495 e. The van der Waals surface area contributed by atoms with Crippen molar-refractivity contribution in [3.63, 3.8) is 0 Å². The predicted octanol–water partition coefficient (Wildman–Crippen LogP) is 20.3. The maximum atomic E-state index is 14.0. The predicted molar refractivity (Wildman–Crippen MR) is 547 cm³/mol. The summed E-state index contributed by atoms with van der Waals surface area (Å²) in [5.41, 5.74) is 6.81. The number of methoxy groups -OCH3 is 6. The smallest absolute Gasteiger partial charge is 0.327 e. The molecule has 40 heteroatoms. The lowest BCUT2D eigenvalue weighted by Crippen LogP contribution is -2.44. The SMILES string of the molecule is C=CC(=O)Nc1ccc(CN(C(=O)Nc2c(Cl)c(OC)cc(OC)c2Cl)c2cc(NCCCCN(CC)CC)ncn2)cc1.C=CC(=O)Nc1ccc(CNc2cc(N(CCCCN(CC)CC)C(=O)Nc3c(Cl)c(OC)cc(OC)c3Cl)ncn2)cc1.CCC(=O)Nc1ccc(CN(C(=O)Nc2c(Cl)c(OC)cc(OC)c2Cl)c2cc(Nc3ccc(N4CCN(C)CC4)cc3)ncn2)cc1. The van der Waals surface area contributed by atoms with Crippen LogP contribution in [0.3, 0.4) is 0 Å². The Bertz CT molecular complexity index is 5570. The van der Waals surface area contributed by atoms with Gasteiger partial charge in [-0.15, -0.1) is 0 Å². The van der Waals surface area contributed by atoms with E-state index in [-0.39, 0.29) is 101 Å². The van der Waals surface area contributed by atoms with Gasteiger partial charge in [-0.1, -0.05) is 154 Å². The van der Waals surface area contributed by atoms with Crippen molar-refractivity contribution in [1.82, 2.24) is 44.6 Å². The quantitative estimate of drug-likeness (QED) is 0.0127. The molecule has 9 N–H and O–H groups in total. The van der Waals surface area contributed by atoms with Crippen molar-refractivity contribution < 1.29 is 57.2 Å². The topological polar surface area (TPSA) is 366 Å². The summed E-state index contributed by atoms with van der Waals surface area (Å²) in [6.07, 6.45) is 10.6. The Balaban J connectivity index is 0.000000229. The van der Waals surface area contributed by atoms with Crippen LogP contribution in [0, 0.1) is 0 Å². The van der Waals surface area contributed by atoms with E-state index in [0.29, 0.717) is 83.0 Å². The molecule has 9 amide bonds. The van der Waals surface area contributed by atoms with E-state index in [2.05, 4.69) is 157 Å². The molecule has 0 aliphatic carbocycles. The summed E-state index contributed by atoms with van der Waals surface area (Å²) < 4.78 is 32.1. The molecule has 0 saturated carbocycles. The zero-order chi connectivity index (χ0) is 98.3. The summed E-state index contributed by atoms with van der Waals surface area (Å²) in [4.78, 5) is 117. The van der Waals surface area contributed by atoms with Crippen LogP contribution < -0.4 is 95.9 Å². The maximum absolute atomic E-state index is 14.0. The largest absolute Gasteiger partial charge is 0.495 e. The second kappa shape index (κ2) is 54.6. The Hall–Kier alpha value is -12.9. The van der Waals surface area contributed by atoms with Crippen molar-refractivity contribution in [2.24, 2.45) is 0 Å². The molecule has 136 heavy (non-hydrogen) atoms. The van der Waals surface area contributed by atoms with Crippen molar-refractivity contribution in [2.45, 2.75) is 86.4 Å². The normalized spacial score (nSPS) is 11.5. The molecule has 0 spiro atoms. The van der Waals surface area contributed by atoms with Crippen LogP contribution in [0.2, 0.25) is 30.1 Å². The summed E-state index contributed by atoms with van der Waals surface area (Å²) in [5.74, 6) is 3.66. The molecule has 1 fully saturated rings. The highest BCUT2D eigenvalue weighted by atomic mass is 35.5. The van der Waals surface area contributed by atoms with Crippen molar-refractivity contribution in [1.29, 1.82) is 0 Å². The van der Waals surface area contributed by atoms with Crippen LogP contribution in [-0.2, 0) is 34.0 Å². The number of benzene rings is 7. The molecule has 7 aromatic carbocycles. The molecule has 4 heterocycles. The third kappa shape index (κ3) is 31.1. The second-order valence-electron chi connectivity index (χ2n) is 30.3. The fourth-order valence-electron chi connectivity index (χ4n) is 13.7. The molecule has 1 aliphatic rings. The van der Waals surface area contributed by atoms with E-state index in [9.17, 15) is 28.8 Å². The molecule has 1 aliphatic heterocycles. The number of halogens is 6. The highest BCUT2D eigenvalue weighted by Crippen LogP contribution is 2.48. The summed E-state index contributed by atoms with van der Waals surface area (Å²) in [6, 6.07) is 37.9. The number of carbonyl (C=O) groups excluding carboxylic acids is 6. The van der Waals surface area contributed by atoms with E-state index in [1.54, 1.807) is 79.7 Å². The van der Waals surface area contributed by atoms with E-state index >= 15 is 0 Å². The number of likely N-dealkylation sites (N-methyl/N-ethyl adjacent to an activating group) is 1. The van der Waals surface area contributed by atoms with Crippen LogP contribution >= 0.6 is 69.6 Å². The number of unbranched alkanes of at least 4 members (excludes halogenated alkanes) is 2. The van der Waals surface area contributed by atoms with Gasteiger partial charge in [0.25, 0.3) is 0 Å². The van der Waals surface area contributed by atoms with E-state index < -0.39 is 18.1 Å². The van der Waals surface area contributed by atoms with Crippen LogP contribution in [0.4, 0.5) is 94.8 Å². The lowest BCUT2D eigenvalue weighted by molar-refractivity contribution is -0.116. The van der Waals surface area contributed by atoms with Crippen molar-refractivity contribution >= 4 is 186 Å². The van der Waals surface area contributed by atoms with Gasteiger partial charge in [0.15, 0.2) is 0 Å². The van der Waals surface area contributed by atoms with Gasteiger partial charge in [-0.3, -0.25) is 29.1 Å². The molecule has 34 nitrogen and oxygen atoms in total. The number of nitrogens with zero attached hydrogens (tertiary/aromatic N) is 13. The summed E-state index contributed by atoms with van der Waals surface area (Å²) in [6.45, 7) is 29.0. The summed E-state index contributed by atoms with van der Waals surface area (Å²) >= 11 is 39.3. The Morgan fingerprint density at radius 3 is 1.11 bits per heavy atom. The molecule has 0 unspecified atom stereocenters. The lowest BCUT2D eigenvalue weighted by atomic mass is 10.2. The zero-order valence-electron chi connectivity index (χ0n) is 78.1. The van der Waals surface area contributed by atoms with Gasteiger partial charge in [0.05, 0.1) is 72.8 Å². The number of urea groups is 3. The van der Waals surface area contributed by atoms with Gasteiger partial charge in [0.1, 0.15) is 119 Å². The Labute approximate surface area is 823 Å². The van der Waals surface area contributed by atoms with Gasteiger partial charge in [-0.25, -0.2) is 44.3 Å². The Kier molecular flexibility index (Phi) is 42.9. The maximum Gasteiger partial charge on any atom is 0.327 e. The molecule has 0 radical (unpaired) electrons. The number of piperazine rings is 1. The first-order valence-electron chi connectivity index (χ1n) is 43.8. The van der Waals surface area contributed by atoms with Crippen molar-refractivity contribution in [2.75, 3.05) is 196 Å². The van der Waals surface area contributed by atoms with E-state index in [4.69, 9.17) is 98.0 Å². The third-order valence-corrected chi connectivity index (χ3v) is 23.8. The highest BCUT2D eigenvalue weighted by Gasteiger charge is 2.30. The van der Waals surface area contributed by atoms with Crippen LogP contribution in [0.5, 0.6) is 34.5 Å². The number of ether oxygens (including phenoxy) is 6. The number of nitrogens with one attached hydrogen (secondary N) is 9. The Morgan fingerprint density at radius 2 is 0.728 bits per heavy atom. The fourth-order valence-corrected chi connectivity index (χ4v) is 15.5. The van der Waals surface area contributed by atoms with E-state index in [0.717, 1.165) is 126 Å². The second-order valence-corrected chi connectivity index (χ2v) is 32.6. The van der Waals surface area contributed by atoms with Gasteiger partial charge >= 0.3 is 18.1 Å². The minimum absolute atomic E-state index is 0.0961. The van der Waals surface area contributed by atoms with Gasteiger partial charge in [-0.2, -0.15) is 0 Å². The Morgan fingerprint density at radius 1 is 0.390 bits per heavy atom. The number of anilines is 14. The van der Waals surface area contributed by atoms with Crippen LogP contribution in [0.25, 0.3) is 0 Å². The van der Waals surface area contributed by atoms with Gasteiger partial charge in [0.2, 0.25) is 17.7 Å². The number of carbonyl (C=O) groups is 6. The summed E-state index contributed by atoms with van der Waals surface area (Å²) in [5, 5.41) is 27.4. The van der Waals surface area contributed by atoms with Crippen LogP contribution in [0.1, 0.15) is 83.4 Å². The first-order chi connectivity index (χ1) is 65.6. The number of hydrogen-bond acceptors (Lipinski definition) is 25. The molecule has 724 valence electrons. The average Bonchev–Trinajstić information content (AvgIpc) is 0.808. The van der Waals surface area contributed by atoms with Gasteiger partial charge in [0, 0.05) is 117 Å². The third-order valence-electron chi connectivity index (χ3n) is 21.6. The zero-order valence-corrected chi connectivity index (χ0v) is 82.7. The number of aromatic nitrogens is 6. The van der Waals surface area contributed by atoms with Crippen LogP contribution in [0.15, 0.2) is 178 Å². The molecule has 1 saturated heterocycles. The minimum atomic E-state index is -0.571. The number of rotatable bonds is 43. The molecular weight excluding hydrogens is 1870 g/mol. The van der Waals surface area contributed by atoms with Gasteiger partial charge in [-0.05, 0) is 162 Å². The highest BCUT2D eigenvalue weighted by molar-refractivity contribution is 6.43. The molecular formula is C96H116Cl6N22O12. The lowest BCUT2D eigenvalue weighted by Gasteiger charge is -2.34. The summed E-state index contributed by atoms with van der Waals surface area (Å²) in [7, 11) is 10.9. The average molecular weight is 1980 g/mol. The van der Waals surface area contributed by atoms with Crippen LogP contribution in [-0.4, -0.2) is 209 Å². The first kappa shape index (κ1) is 107. The van der Waals surface area contributed by atoms with Gasteiger partial charge < -0.3 is 95.9 Å². The molecule has 10 aromatic rings. The van der Waals surface area contributed by atoms with Crippen molar-refractivity contribution in [3.05, 3.63) is 225 Å². The molecule has 0 atom stereocenters. The molecule has 11 rings (SSSR count). The van der Waals surface area contributed by atoms with E-state index in [1.165, 1.54) is 101 Å². The first-order valence-corrected chi connectivity index (χ1v) is 46.1. The molecule has 3 aromatic heterocycles. The molecule has 0 bridgehead atoms. The number of hydrogen-bond donors (Lipinski definition) is 9. The van der Waals surface area contributed by atoms with Crippen molar-refractivity contribution in [3.8, 4) is 34.5 Å². The van der Waals surface area contributed by atoms with E-state index in [1.807, 2.05) is 36.4 Å². The monoisotopic (exact) mass is 1980 g/mol. The number of amides is 9. The fraction of sp³-hybridized carbons (Fsp3) is 0.333. The standard InChI is InChI=1S/C34H38Cl2N8O4.2C31H39Cl2N7O4/c1-5-30(45)40-24-8-6-22(7-9-24)20-44(34(46)41-33-31(35)26(47-3)18-27(48-4)32(33)36)29-19-28(37-21-38-29)39-23-10-12-25(13-11-23)43-16-14-42(2)15-17-43;1-6-27(41)37-22-13-11-21(12-14-22)19-34-25-18-26(36-20-35-25)40(16-10-9-15-39(7-2)8-3)31(42)38-30-28(32)23(43-4)17-24(44-5)29(30)33;1-6-27(41)37-22-13-11-21(12-14-22)19-40(31(42)38-30-28(32)23(43-4)17-24(44-5)29(30)33)26-18-25(35-20-36-26)34-15-9-10-16-39(7-2)8-3/h6-13,18-19,21H,5,14-17,20H2,1-4H3,(H,40,45)(H,41,46)(H,37,38,39);2*6,11-14,17-18,20H,1,7-10,15-16,19H2,2-5H3,(H,37,41)(H,38,42)(H,34,35,36).